The third-order valence-electron chi connectivity index (χ3n) is 3.21. The second kappa shape index (κ2) is 6.71. The predicted molar refractivity (Wildman–Crippen MR) is 84.2 cm³/mol. The van der Waals surface area contributed by atoms with E-state index in [1.165, 1.54) is 29.2 Å². The highest BCUT2D eigenvalue weighted by molar-refractivity contribution is 5.74. The normalized spacial score (nSPS) is 11.2. The Bertz CT molecular complexity index is 597. The standard InChI is InChI=1S/C18H19NO/c1-14(12-13-19-15(2)20)16-8-10-18(11-9-16)17-6-4-3-5-7-17/h3-12H,13H2,1-2H3,(H,19,20). The summed E-state index contributed by atoms with van der Waals surface area (Å²) in [5.74, 6) is -0.00604. The Kier molecular flexibility index (Phi) is 4.72. The van der Waals surface area contributed by atoms with Crippen molar-refractivity contribution < 1.29 is 4.79 Å². The minimum absolute atomic E-state index is 0.00604. The van der Waals surface area contributed by atoms with Gasteiger partial charge in [-0.05, 0) is 29.2 Å². The van der Waals surface area contributed by atoms with Crippen molar-refractivity contribution in [2.45, 2.75) is 13.8 Å². The lowest BCUT2D eigenvalue weighted by atomic mass is 10.0. The topological polar surface area (TPSA) is 29.1 Å². The van der Waals surface area contributed by atoms with Gasteiger partial charge in [0.25, 0.3) is 0 Å². The maximum Gasteiger partial charge on any atom is 0.217 e. The van der Waals surface area contributed by atoms with Crippen molar-refractivity contribution in [1.82, 2.24) is 5.32 Å². The molecule has 0 heterocycles. The average Bonchev–Trinajstić information content (AvgIpc) is 2.48. The van der Waals surface area contributed by atoms with Crippen LogP contribution in [0.1, 0.15) is 19.4 Å². The largest absolute Gasteiger partial charge is 0.353 e. The molecule has 0 atom stereocenters. The Morgan fingerprint density at radius 1 is 0.950 bits per heavy atom. The van der Waals surface area contributed by atoms with E-state index < -0.39 is 0 Å². The summed E-state index contributed by atoms with van der Waals surface area (Å²) in [5.41, 5.74) is 4.77. The first-order valence-electron chi connectivity index (χ1n) is 6.74. The Morgan fingerprint density at radius 3 is 2.15 bits per heavy atom. The van der Waals surface area contributed by atoms with Crippen LogP contribution in [0, 0.1) is 0 Å². The Hall–Kier alpha value is -2.35. The fourth-order valence-electron chi connectivity index (χ4n) is 2.02. The molecule has 0 bridgehead atoms. The summed E-state index contributed by atoms with van der Waals surface area (Å²) in [6, 6.07) is 18.8. The third kappa shape index (κ3) is 3.82. The molecule has 2 aromatic carbocycles. The maximum absolute atomic E-state index is 10.8. The minimum atomic E-state index is -0.00604. The molecule has 0 aromatic heterocycles. The van der Waals surface area contributed by atoms with Gasteiger partial charge in [0.2, 0.25) is 5.91 Å². The summed E-state index contributed by atoms with van der Waals surface area (Å²) in [6.45, 7) is 4.15. The van der Waals surface area contributed by atoms with E-state index >= 15 is 0 Å². The zero-order chi connectivity index (χ0) is 14.4. The zero-order valence-corrected chi connectivity index (χ0v) is 11.9. The number of allylic oxidation sites excluding steroid dienone is 1. The van der Waals surface area contributed by atoms with Crippen LogP contribution in [0.5, 0.6) is 0 Å². The summed E-state index contributed by atoms with van der Waals surface area (Å²) in [5, 5.41) is 2.77. The van der Waals surface area contributed by atoms with E-state index in [1.54, 1.807) is 0 Å². The molecule has 0 fully saturated rings. The van der Waals surface area contributed by atoms with Gasteiger partial charge in [0.05, 0.1) is 0 Å². The van der Waals surface area contributed by atoms with Gasteiger partial charge in [0, 0.05) is 13.5 Å². The van der Waals surface area contributed by atoms with Crippen LogP contribution in [0.4, 0.5) is 0 Å². The van der Waals surface area contributed by atoms with Crippen LogP contribution in [-0.2, 0) is 4.79 Å². The molecule has 102 valence electrons. The predicted octanol–water partition coefficient (Wildman–Crippen LogP) is 3.89. The average molecular weight is 265 g/mol. The van der Waals surface area contributed by atoms with Gasteiger partial charge in [-0.25, -0.2) is 0 Å². The number of carbonyl (C=O) groups is 1. The summed E-state index contributed by atoms with van der Waals surface area (Å²) in [6.07, 6.45) is 2.03. The Balaban J connectivity index is 2.10. The van der Waals surface area contributed by atoms with Crippen molar-refractivity contribution in [3.8, 4) is 11.1 Å². The second-order valence-corrected chi connectivity index (χ2v) is 4.77. The molecule has 0 aliphatic carbocycles. The van der Waals surface area contributed by atoms with Crippen molar-refractivity contribution in [1.29, 1.82) is 0 Å². The van der Waals surface area contributed by atoms with E-state index in [4.69, 9.17) is 0 Å². The molecule has 1 N–H and O–H groups in total. The molecule has 0 aliphatic heterocycles. The number of hydrogen-bond acceptors (Lipinski definition) is 1. The lowest BCUT2D eigenvalue weighted by molar-refractivity contribution is -0.118. The molecule has 0 radical (unpaired) electrons. The first-order chi connectivity index (χ1) is 9.66. The highest BCUT2D eigenvalue weighted by atomic mass is 16.1. The first-order valence-corrected chi connectivity index (χ1v) is 6.74. The van der Waals surface area contributed by atoms with Crippen molar-refractivity contribution in [3.05, 3.63) is 66.2 Å². The Labute approximate surface area is 120 Å². The van der Waals surface area contributed by atoms with Crippen LogP contribution >= 0.6 is 0 Å². The van der Waals surface area contributed by atoms with Gasteiger partial charge in [0.1, 0.15) is 0 Å². The molecule has 0 spiro atoms. The van der Waals surface area contributed by atoms with Crippen molar-refractivity contribution >= 4 is 11.5 Å². The van der Waals surface area contributed by atoms with E-state index in [9.17, 15) is 4.79 Å². The van der Waals surface area contributed by atoms with Crippen LogP contribution in [0.15, 0.2) is 60.7 Å². The highest BCUT2D eigenvalue weighted by Gasteiger charge is 1.99. The smallest absolute Gasteiger partial charge is 0.217 e. The highest BCUT2D eigenvalue weighted by Crippen LogP contribution is 2.21. The van der Waals surface area contributed by atoms with Crippen LogP contribution in [0.3, 0.4) is 0 Å². The van der Waals surface area contributed by atoms with Gasteiger partial charge in [-0.1, -0.05) is 60.7 Å². The molecule has 0 saturated carbocycles. The number of rotatable bonds is 4. The van der Waals surface area contributed by atoms with E-state index in [2.05, 4.69) is 48.6 Å². The molecule has 0 unspecified atom stereocenters. The van der Waals surface area contributed by atoms with E-state index in [-0.39, 0.29) is 5.91 Å². The van der Waals surface area contributed by atoms with Gasteiger partial charge in [-0.2, -0.15) is 0 Å². The monoisotopic (exact) mass is 265 g/mol. The van der Waals surface area contributed by atoms with E-state index in [0.717, 1.165) is 0 Å². The van der Waals surface area contributed by atoms with Crippen LogP contribution in [0.25, 0.3) is 16.7 Å². The number of nitrogens with one attached hydrogen (secondary N) is 1. The van der Waals surface area contributed by atoms with Crippen molar-refractivity contribution in [2.24, 2.45) is 0 Å². The quantitative estimate of drug-likeness (QED) is 0.892. The molecular formula is C18H19NO. The summed E-state index contributed by atoms with van der Waals surface area (Å²) in [7, 11) is 0. The van der Waals surface area contributed by atoms with Crippen LogP contribution < -0.4 is 5.32 Å². The molecule has 0 saturated heterocycles. The first kappa shape index (κ1) is 14.1. The molecular weight excluding hydrogens is 246 g/mol. The zero-order valence-electron chi connectivity index (χ0n) is 11.9. The van der Waals surface area contributed by atoms with Gasteiger partial charge in [-0.3, -0.25) is 4.79 Å². The summed E-state index contributed by atoms with van der Waals surface area (Å²) >= 11 is 0. The lowest BCUT2D eigenvalue weighted by Crippen LogP contribution is -2.19. The fourth-order valence-corrected chi connectivity index (χ4v) is 2.02. The molecule has 2 rings (SSSR count). The third-order valence-corrected chi connectivity index (χ3v) is 3.21. The molecule has 0 aliphatic rings. The van der Waals surface area contributed by atoms with E-state index in [0.29, 0.717) is 6.54 Å². The minimum Gasteiger partial charge on any atom is -0.353 e. The van der Waals surface area contributed by atoms with Crippen molar-refractivity contribution in [3.63, 3.8) is 0 Å². The Morgan fingerprint density at radius 2 is 1.55 bits per heavy atom. The van der Waals surface area contributed by atoms with Gasteiger partial charge in [-0.15, -0.1) is 0 Å². The van der Waals surface area contributed by atoms with E-state index in [1.807, 2.05) is 24.3 Å². The second-order valence-electron chi connectivity index (χ2n) is 4.77. The number of amides is 1. The number of hydrogen-bond donors (Lipinski definition) is 1. The molecule has 1 amide bonds. The fraction of sp³-hybridized carbons (Fsp3) is 0.167. The molecule has 2 aromatic rings. The SMILES string of the molecule is CC(=O)NCC=C(C)c1ccc(-c2ccccc2)cc1. The molecule has 2 heteroatoms. The van der Waals surface area contributed by atoms with Crippen LogP contribution in [-0.4, -0.2) is 12.5 Å². The van der Waals surface area contributed by atoms with Gasteiger partial charge >= 0.3 is 0 Å². The molecule has 2 nitrogen and oxygen atoms in total. The van der Waals surface area contributed by atoms with Gasteiger partial charge in [0.15, 0.2) is 0 Å². The van der Waals surface area contributed by atoms with Gasteiger partial charge < -0.3 is 5.32 Å². The lowest BCUT2D eigenvalue weighted by Gasteiger charge is -2.05. The summed E-state index contributed by atoms with van der Waals surface area (Å²) in [4.78, 5) is 10.8. The van der Waals surface area contributed by atoms with Crippen LogP contribution in [0.2, 0.25) is 0 Å². The number of carbonyl (C=O) groups excluding carboxylic acids is 1. The molecule has 20 heavy (non-hydrogen) atoms. The summed E-state index contributed by atoms with van der Waals surface area (Å²) < 4.78 is 0. The maximum atomic E-state index is 10.8. The number of benzene rings is 2. The van der Waals surface area contributed by atoms with Crippen molar-refractivity contribution in [2.75, 3.05) is 6.54 Å².